The van der Waals surface area contributed by atoms with E-state index in [4.69, 9.17) is 24.4 Å². The molecule has 0 amide bonds. The molecule has 0 spiro atoms. The lowest BCUT2D eigenvalue weighted by Gasteiger charge is -2.15. The number of benzene rings is 7. The van der Waals surface area contributed by atoms with E-state index in [2.05, 4.69) is 109 Å². The summed E-state index contributed by atoms with van der Waals surface area (Å²) in [5.41, 5.74) is 10.5. The second-order valence-electron chi connectivity index (χ2n) is 14.0. The average molecular weight is 798 g/mol. The lowest BCUT2D eigenvalue weighted by Crippen LogP contribution is -2.03. The zero-order valence-corrected chi connectivity index (χ0v) is 33.7. The van der Waals surface area contributed by atoms with Gasteiger partial charge in [-0.05, 0) is 66.1 Å². The monoisotopic (exact) mass is 797 g/mol. The minimum atomic E-state index is 0.498. The van der Waals surface area contributed by atoms with Crippen molar-refractivity contribution in [2.45, 2.75) is 11.4 Å². The van der Waals surface area contributed by atoms with Crippen LogP contribution in [0, 0.1) is 0 Å². The Morgan fingerprint density at radius 1 is 0.593 bits per heavy atom. The number of thiophene rings is 1. The predicted molar refractivity (Wildman–Crippen MR) is 247 cm³/mol. The molecular formula is C51H35N5OS2. The number of hydrogen-bond donors (Lipinski definition) is 0. The smallest absolute Gasteiger partial charge is 0.164 e. The highest BCUT2D eigenvalue weighted by molar-refractivity contribution is 7.98. The van der Waals surface area contributed by atoms with E-state index < -0.39 is 0 Å². The Kier molecular flexibility index (Phi) is 9.70. The molecule has 0 radical (unpaired) electrons. The van der Waals surface area contributed by atoms with Crippen LogP contribution >= 0.6 is 23.1 Å². The number of fused-ring (bicyclic) bond motifs is 4. The molecule has 59 heavy (non-hydrogen) atoms. The highest BCUT2D eigenvalue weighted by Gasteiger charge is 2.20. The first kappa shape index (κ1) is 36.3. The Morgan fingerprint density at radius 3 is 2.05 bits per heavy atom. The molecule has 0 aliphatic carbocycles. The van der Waals surface area contributed by atoms with Gasteiger partial charge in [0.25, 0.3) is 0 Å². The molecular weight excluding hydrogens is 763 g/mol. The molecule has 10 rings (SSSR count). The summed E-state index contributed by atoms with van der Waals surface area (Å²) in [5.74, 6) is 1.81. The van der Waals surface area contributed by atoms with Gasteiger partial charge in [-0.25, -0.2) is 15.0 Å². The van der Waals surface area contributed by atoms with Gasteiger partial charge in [0.1, 0.15) is 11.2 Å². The van der Waals surface area contributed by atoms with Crippen LogP contribution in [-0.2, 0) is 6.54 Å². The third kappa shape index (κ3) is 6.92. The van der Waals surface area contributed by atoms with Crippen LogP contribution in [0.1, 0.15) is 16.0 Å². The highest BCUT2D eigenvalue weighted by Crippen LogP contribution is 2.41. The number of furan rings is 1. The number of aliphatic imine (C=N–C) groups is 2. The molecule has 8 heteroatoms. The topological polar surface area (TPSA) is 76.5 Å². The lowest BCUT2D eigenvalue weighted by molar-refractivity contribution is 0.669. The second-order valence-corrected chi connectivity index (χ2v) is 15.9. The van der Waals surface area contributed by atoms with Crippen LogP contribution in [0.4, 0.5) is 5.69 Å². The fourth-order valence-corrected chi connectivity index (χ4v) is 9.44. The van der Waals surface area contributed by atoms with Gasteiger partial charge in [0.2, 0.25) is 0 Å². The molecule has 0 aliphatic rings. The van der Waals surface area contributed by atoms with Crippen molar-refractivity contribution >= 4 is 73.2 Å². The summed E-state index contributed by atoms with van der Waals surface area (Å²) >= 11 is 3.42. The standard InChI is InChI=1S/C51H35N5OS2/c1-52-47-40-22-12-14-24-44(40)59-48(47)46(33-15-5-3-6-16-33)53-31-32-25-27-38(45(29-32)58-2)36-19-9-10-21-39(36)51-55-49(34-17-7-4-8-18-34)54-50(56-51)35-26-28-43-41(30-35)37-20-11-13-23-42(37)57-43/h3-30H,1,31H2,2H3. The number of aromatic nitrogens is 3. The van der Waals surface area contributed by atoms with Crippen molar-refractivity contribution in [1.82, 2.24) is 15.0 Å². The molecule has 6 nitrogen and oxygen atoms in total. The first-order chi connectivity index (χ1) is 29.1. The van der Waals surface area contributed by atoms with Gasteiger partial charge in [-0.3, -0.25) is 9.98 Å². The fraction of sp³-hybridized carbons (Fsp3) is 0.0392. The van der Waals surface area contributed by atoms with Crippen LogP contribution in [0.15, 0.2) is 189 Å². The fourth-order valence-electron chi connectivity index (χ4n) is 7.59. The molecule has 0 saturated carbocycles. The van der Waals surface area contributed by atoms with E-state index in [1.165, 1.54) is 0 Å². The minimum Gasteiger partial charge on any atom is -0.456 e. The van der Waals surface area contributed by atoms with Gasteiger partial charge < -0.3 is 4.42 Å². The molecule has 7 aromatic carbocycles. The number of rotatable bonds is 10. The highest BCUT2D eigenvalue weighted by atomic mass is 32.2. The maximum atomic E-state index is 6.14. The first-order valence-electron chi connectivity index (χ1n) is 19.2. The van der Waals surface area contributed by atoms with Crippen molar-refractivity contribution < 1.29 is 4.42 Å². The summed E-state index contributed by atoms with van der Waals surface area (Å²) in [4.78, 5) is 27.3. The molecule has 10 aromatic rings. The Morgan fingerprint density at radius 2 is 1.25 bits per heavy atom. The summed E-state index contributed by atoms with van der Waals surface area (Å²) in [6, 6.07) is 58.0. The molecule has 282 valence electrons. The van der Waals surface area contributed by atoms with Gasteiger partial charge >= 0.3 is 0 Å². The van der Waals surface area contributed by atoms with E-state index in [-0.39, 0.29) is 0 Å². The van der Waals surface area contributed by atoms with Crippen molar-refractivity contribution in [3.05, 3.63) is 186 Å². The van der Waals surface area contributed by atoms with Gasteiger partial charge in [0, 0.05) is 48.0 Å². The normalized spacial score (nSPS) is 11.8. The summed E-state index contributed by atoms with van der Waals surface area (Å²) in [5, 5.41) is 3.17. The summed E-state index contributed by atoms with van der Waals surface area (Å²) < 4.78 is 7.31. The summed E-state index contributed by atoms with van der Waals surface area (Å²) in [7, 11) is 0. The van der Waals surface area contributed by atoms with E-state index in [0.717, 1.165) is 92.1 Å². The molecule has 0 saturated heterocycles. The van der Waals surface area contributed by atoms with Crippen LogP contribution in [0.5, 0.6) is 0 Å². The van der Waals surface area contributed by atoms with E-state index in [9.17, 15) is 0 Å². The number of hydrogen-bond acceptors (Lipinski definition) is 8. The lowest BCUT2D eigenvalue weighted by atomic mass is 9.97. The molecule has 0 N–H and O–H groups in total. The van der Waals surface area contributed by atoms with E-state index >= 15 is 0 Å². The van der Waals surface area contributed by atoms with Gasteiger partial charge in [0.05, 0.1) is 22.8 Å². The van der Waals surface area contributed by atoms with Crippen LogP contribution in [0.25, 0.3) is 77.3 Å². The molecule has 0 fully saturated rings. The predicted octanol–water partition coefficient (Wildman–Crippen LogP) is 13.7. The number of para-hydroxylation sites is 1. The van der Waals surface area contributed by atoms with Gasteiger partial charge in [-0.1, -0.05) is 133 Å². The third-order valence-electron chi connectivity index (χ3n) is 10.4. The van der Waals surface area contributed by atoms with Gasteiger partial charge in [-0.15, -0.1) is 23.1 Å². The Hall–Kier alpha value is -7.00. The minimum absolute atomic E-state index is 0.498. The molecule has 0 bridgehead atoms. The zero-order valence-electron chi connectivity index (χ0n) is 32.0. The van der Waals surface area contributed by atoms with Gasteiger partial charge in [0.15, 0.2) is 17.5 Å². The van der Waals surface area contributed by atoms with Crippen molar-refractivity contribution in [2.75, 3.05) is 6.26 Å². The van der Waals surface area contributed by atoms with E-state index in [0.29, 0.717) is 24.0 Å². The van der Waals surface area contributed by atoms with Crippen molar-refractivity contribution in [3.63, 3.8) is 0 Å². The van der Waals surface area contributed by atoms with Crippen LogP contribution < -0.4 is 0 Å². The van der Waals surface area contributed by atoms with Crippen molar-refractivity contribution in [2.24, 2.45) is 9.98 Å². The molecule has 3 aromatic heterocycles. The third-order valence-corrected chi connectivity index (χ3v) is 12.4. The maximum Gasteiger partial charge on any atom is 0.164 e. The van der Waals surface area contributed by atoms with E-state index in [1.807, 2.05) is 78.9 Å². The van der Waals surface area contributed by atoms with Crippen LogP contribution in [0.3, 0.4) is 0 Å². The second kappa shape index (κ2) is 15.7. The molecule has 0 aliphatic heterocycles. The van der Waals surface area contributed by atoms with E-state index in [1.54, 1.807) is 23.1 Å². The molecule has 0 atom stereocenters. The summed E-state index contributed by atoms with van der Waals surface area (Å²) in [6.45, 7) is 4.44. The van der Waals surface area contributed by atoms with Crippen LogP contribution in [-0.4, -0.2) is 33.6 Å². The average Bonchev–Trinajstić information content (AvgIpc) is 3.87. The van der Waals surface area contributed by atoms with Crippen molar-refractivity contribution in [1.29, 1.82) is 0 Å². The molecule has 3 heterocycles. The van der Waals surface area contributed by atoms with Gasteiger partial charge in [-0.2, -0.15) is 0 Å². The number of nitrogens with zero attached hydrogens (tertiary/aromatic N) is 5. The largest absolute Gasteiger partial charge is 0.456 e. The number of thioether (sulfide) groups is 1. The quantitative estimate of drug-likeness (QED) is 0.102. The Bertz CT molecular complexity index is 3210. The first-order valence-corrected chi connectivity index (χ1v) is 21.3. The Balaban J connectivity index is 1.06. The Labute approximate surface area is 349 Å². The van der Waals surface area contributed by atoms with Crippen LogP contribution in [0.2, 0.25) is 0 Å². The van der Waals surface area contributed by atoms with Crippen molar-refractivity contribution in [3.8, 4) is 45.3 Å². The summed E-state index contributed by atoms with van der Waals surface area (Å²) in [6.07, 6.45) is 2.12. The maximum absolute atomic E-state index is 6.14. The zero-order chi connectivity index (χ0) is 39.7. The SMILES string of the molecule is C=Nc1c(C(=NCc2ccc(-c3ccccc3-c3nc(-c4ccccc4)nc(-c4ccc5oc6ccccc6c5c4)n3)c(SC)c2)c2ccccc2)sc2ccccc12. The molecule has 0 unspecified atom stereocenters.